The zero-order valence-corrected chi connectivity index (χ0v) is 13.7. The van der Waals surface area contributed by atoms with Crippen LogP contribution in [0.15, 0.2) is 53.6 Å². The predicted octanol–water partition coefficient (Wildman–Crippen LogP) is 3.35. The number of ether oxygens (including phenoxy) is 3. The third kappa shape index (κ3) is 5.31. The van der Waals surface area contributed by atoms with E-state index in [0.717, 1.165) is 16.9 Å². The van der Waals surface area contributed by atoms with E-state index < -0.39 is 6.09 Å². The van der Waals surface area contributed by atoms with E-state index in [-0.39, 0.29) is 6.61 Å². The van der Waals surface area contributed by atoms with E-state index in [1.807, 2.05) is 49.4 Å². The Morgan fingerprint density at radius 2 is 1.92 bits per heavy atom. The fourth-order valence-electron chi connectivity index (χ4n) is 1.97. The standard InChI is InChI=1S/C18H20N2O4/c1-3-23-16-10-8-14(9-11-16)12-19-20-18(21)24-13-15-6-4-5-7-17(15)22-2/h4-12H,3,13H2,1-2H3,(H,20,21)/b19-12-. The molecule has 6 nitrogen and oxygen atoms in total. The summed E-state index contributed by atoms with van der Waals surface area (Å²) in [4.78, 5) is 11.6. The average Bonchev–Trinajstić information content (AvgIpc) is 2.62. The molecule has 1 amide bonds. The molecule has 0 unspecified atom stereocenters. The Balaban J connectivity index is 1.80. The van der Waals surface area contributed by atoms with E-state index in [2.05, 4.69) is 10.5 Å². The molecule has 2 rings (SSSR count). The van der Waals surface area contributed by atoms with Crippen LogP contribution in [-0.2, 0) is 11.3 Å². The minimum absolute atomic E-state index is 0.106. The topological polar surface area (TPSA) is 69.2 Å². The molecule has 0 saturated carbocycles. The van der Waals surface area contributed by atoms with Crippen molar-refractivity contribution in [3.8, 4) is 11.5 Å². The van der Waals surface area contributed by atoms with Crippen LogP contribution in [0.5, 0.6) is 11.5 Å². The maximum absolute atomic E-state index is 11.6. The maximum Gasteiger partial charge on any atom is 0.428 e. The molecule has 126 valence electrons. The number of methoxy groups -OCH3 is 1. The highest BCUT2D eigenvalue weighted by molar-refractivity contribution is 5.81. The second kappa shape index (κ2) is 9.19. The molecule has 24 heavy (non-hydrogen) atoms. The van der Waals surface area contributed by atoms with Crippen molar-refractivity contribution >= 4 is 12.3 Å². The highest BCUT2D eigenvalue weighted by atomic mass is 16.6. The molecule has 0 saturated heterocycles. The molecule has 2 aromatic rings. The van der Waals surface area contributed by atoms with Crippen molar-refractivity contribution in [1.29, 1.82) is 0 Å². The molecule has 0 aliphatic rings. The van der Waals surface area contributed by atoms with Crippen LogP contribution in [0.25, 0.3) is 0 Å². The Kier molecular flexibility index (Phi) is 6.64. The van der Waals surface area contributed by atoms with Crippen LogP contribution in [0.3, 0.4) is 0 Å². The zero-order valence-electron chi connectivity index (χ0n) is 13.7. The van der Waals surface area contributed by atoms with Gasteiger partial charge in [-0.3, -0.25) is 0 Å². The summed E-state index contributed by atoms with van der Waals surface area (Å²) in [5.74, 6) is 1.46. The third-order valence-electron chi connectivity index (χ3n) is 3.11. The largest absolute Gasteiger partial charge is 0.496 e. The molecular weight excluding hydrogens is 308 g/mol. The lowest BCUT2D eigenvalue weighted by atomic mass is 10.2. The molecule has 6 heteroatoms. The van der Waals surface area contributed by atoms with Gasteiger partial charge in [-0.2, -0.15) is 5.10 Å². The van der Waals surface area contributed by atoms with Gasteiger partial charge in [-0.05, 0) is 42.8 Å². The molecule has 0 heterocycles. The number of rotatable bonds is 7. The SMILES string of the molecule is CCOc1ccc(/C=N\NC(=O)OCc2ccccc2OC)cc1. The Morgan fingerprint density at radius 3 is 2.62 bits per heavy atom. The van der Waals surface area contributed by atoms with Gasteiger partial charge in [0.15, 0.2) is 0 Å². The van der Waals surface area contributed by atoms with Gasteiger partial charge in [-0.25, -0.2) is 10.2 Å². The normalized spacial score (nSPS) is 10.4. The van der Waals surface area contributed by atoms with Crippen LogP contribution >= 0.6 is 0 Å². The molecule has 0 fully saturated rings. The number of para-hydroxylation sites is 1. The molecule has 0 spiro atoms. The molecule has 0 aliphatic carbocycles. The quantitative estimate of drug-likeness (QED) is 0.625. The number of carbonyl (C=O) groups excluding carboxylic acids is 1. The van der Waals surface area contributed by atoms with Crippen molar-refractivity contribution in [2.24, 2.45) is 5.10 Å². The molecule has 0 atom stereocenters. The maximum atomic E-state index is 11.6. The summed E-state index contributed by atoms with van der Waals surface area (Å²) in [6, 6.07) is 14.7. The number of nitrogens with one attached hydrogen (secondary N) is 1. The monoisotopic (exact) mass is 328 g/mol. The lowest BCUT2D eigenvalue weighted by Crippen LogP contribution is -2.18. The Morgan fingerprint density at radius 1 is 1.17 bits per heavy atom. The predicted molar refractivity (Wildman–Crippen MR) is 91.5 cm³/mol. The lowest BCUT2D eigenvalue weighted by Gasteiger charge is -2.08. The van der Waals surface area contributed by atoms with Crippen LogP contribution in [0.4, 0.5) is 4.79 Å². The number of benzene rings is 2. The van der Waals surface area contributed by atoms with E-state index in [1.165, 1.54) is 6.21 Å². The molecule has 2 aromatic carbocycles. The van der Waals surface area contributed by atoms with Gasteiger partial charge < -0.3 is 14.2 Å². The summed E-state index contributed by atoms with van der Waals surface area (Å²) in [5.41, 5.74) is 3.93. The van der Waals surface area contributed by atoms with E-state index in [4.69, 9.17) is 14.2 Å². The minimum Gasteiger partial charge on any atom is -0.496 e. The fraction of sp³-hybridized carbons (Fsp3) is 0.222. The smallest absolute Gasteiger partial charge is 0.428 e. The first kappa shape index (κ1) is 17.3. The summed E-state index contributed by atoms with van der Waals surface area (Å²) in [6.45, 7) is 2.65. The molecule has 0 aromatic heterocycles. The van der Waals surface area contributed by atoms with Gasteiger partial charge in [0.1, 0.15) is 18.1 Å². The van der Waals surface area contributed by atoms with Gasteiger partial charge in [-0.1, -0.05) is 18.2 Å². The van der Waals surface area contributed by atoms with E-state index >= 15 is 0 Å². The number of nitrogens with zero attached hydrogens (tertiary/aromatic N) is 1. The van der Waals surface area contributed by atoms with Crippen LogP contribution in [-0.4, -0.2) is 26.0 Å². The van der Waals surface area contributed by atoms with Gasteiger partial charge in [-0.15, -0.1) is 0 Å². The van der Waals surface area contributed by atoms with Crippen LogP contribution in [0.1, 0.15) is 18.1 Å². The van der Waals surface area contributed by atoms with Crippen molar-refractivity contribution in [1.82, 2.24) is 5.43 Å². The van der Waals surface area contributed by atoms with Crippen molar-refractivity contribution in [2.45, 2.75) is 13.5 Å². The van der Waals surface area contributed by atoms with Gasteiger partial charge in [0.05, 0.1) is 19.9 Å². The summed E-state index contributed by atoms with van der Waals surface area (Å²) < 4.78 is 15.6. The lowest BCUT2D eigenvalue weighted by molar-refractivity contribution is 0.139. The van der Waals surface area contributed by atoms with Crippen molar-refractivity contribution in [2.75, 3.05) is 13.7 Å². The zero-order chi connectivity index (χ0) is 17.2. The van der Waals surface area contributed by atoms with E-state index in [0.29, 0.717) is 12.4 Å². The highest BCUT2D eigenvalue weighted by Crippen LogP contribution is 2.17. The van der Waals surface area contributed by atoms with Crippen LogP contribution in [0, 0.1) is 0 Å². The number of carbonyl (C=O) groups is 1. The molecular formula is C18H20N2O4. The second-order valence-corrected chi connectivity index (χ2v) is 4.76. The van der Waals surface area contributed by atoms with E-state index in [1.54, 1.807) is 13.2 Å². The molecule has 0 bridgehead atoms. The van der Waals surface area contributed by atoms with Gasteiger partial charge in [0.25, 0.3) is 0 Å². The van der Waals surface area contributed by atoms with Crippen molar-refractivity contribution in [3.05, 3.63) is 59.7 Å². The first-order valence-corrected chi connectivity index (χ1v) is 7.53. The average molecular weight is 328 g/mol. The van der Waals surface area contributed by atoms with Crippen LogP contribution in [0.2, 0.25) is 0 Å². The van der Waals surface area contributed by atoms with Crippen molar-refractivity contribution < 1.29 is 19.0 Å². The summed E-state index contributed by atoms with van der Waals surface area (Å²) in [7, 11) is 1.57. The van der Waals surface area contributed by atoms with Gasteiger partial charge in [0, 0.05) is 5.56 Å². The molecule has 0 radical (unpaired) electrons. The Labute approximate surface area is 141 Å². The number of hydrogen-bond donors (Lipinski definition) is 1. The third-order valence-corrected chi connectivity index (χ3v) is 3.11. The summed E-state index contributed by atoms with van der Waals surface area (Å²) in [6.07, 6.45) is 0.892. The fourth-order valence-corrected chi connectivity index (χ4v) is 1.97. The van der Waals surface area contributed by atoms with Crippen LogP contribution < -0.4 is 14.9 Å². The number of hydrazone groups is 1. The molecule has 1 N–H and O–H groups in total. The molecule has 0 aliphatic heterocycles. The first-order chi connectivity index (χ1) is 11.7. The first-order valence-electron chi connectivity index (χ1n) is 7.53. The van der Waals surface area contributed by atoms with E-state index in [9.17, 15) is 4.79 Å². The number of amides is 1. The second-order valence-electron chi connectivity index (χ2n) is 4.76. The highest BCUT2D eigenvalue weighted by Gasteiger charge is 2.05. The summed E-state index contributed by atoms with van der Waals surface area (Å²) in [5, 5.41) is 3.85. The Bertz CT molecular complexity index is 684. The number of hydrogen-bond acceptors (Lipinski definition) is 5. The Hall–Kier alpha value is -3.02. The van der Waals surface area contributed by atoms with Crippen molar-refractivity contribution in [3.63, 3.8) is 0 Å². The van der Waals surface area contributed by atoms with Gasteiger partial charge in [0.2, 0.25) is 0 Å². The minimum atomic E-state index is -0.636. The summed E-state index contributed by atoms with van der Waals surface area (Å²) >= 11 is 0. The van der Waals surface area contributed by atoms with Gasteiger partial charge >= 0.3 is 6.09 Å².